The standard InChI is InChI=1S/C18H22FN3O/c1-3-15(23-17-10-5-4-9-16(17)19)12-21-18(20)22-14-8-6-7-13(2)11-14/h4-11,15H,3,12H2,1-2H3,(H3,20,21,22). The average molecular weight is 315 g/mol. The zero-order valence-electron chi connectivity index (χ0n) is 13.4. The van der Waals surface area contributed by atoms with E-state index in [1.165, 1.54) is 6.07 Å². The van der Waals surface area contributed by atoms with E-state index in [1.807, 2.05) is 38.1 Å². The second kappa shape index (κ2) is 8.17. The van der Waals surface area contributed by atoms with E-state index in [4.69, 9.17) is 10.5 Å². The van der Waals surface area contributed by atoms with E-state index in [2.05, 4.69) is 10.3 Å². The van der Waals surface area contributed by atoms with Gasteiger partial charge in [0.1, 0.15) is 6.10 Å². The molecule has 0 aliphatic rings. The third-order valence-electron chi connectivity index (χ3n) is 3.34. The van der Waals surface area contributed by atoms with Gasteiger partial charge in [-0.15, -0.1) is 0 Å². The summed E-state index contributed by atoms with van der Waals surface area (Å²) in [5.74, 6) is 0.173. The fourth-order valence-corrected chi connectivity index (χ4v) is 2.08. The van der Waals surface area contributed by atoms with E-state index in [9.17, 15) is 4.39 Å². The summed E-state index contributed by atoms with van der Waals surface area (Å²) in [5, 5.41) is 3.04. The topological polar surface area (TPSA) is 59.6 Å². The molecule has 1 unspecified atom stereocenters. The van der Waals surface area contributed by atoms with Gasteiger partial charge in [-0.25, -0.2) is 9.38 Å². The maximum atomic E-state index is 13.6. The van der Waals surface area contributed by atoms with E-state index < -0.39 is 0 Å². The molecule has 0 aliphatic carbocycles. The number of anilines is 1. The van der Waals surface area contributed by atoms with Crippen LogP contribution in [0.3, 0.4) is 0 Å². The van der Waals surface area contributed by atoms with Crippen LogP contribution in [0.4, 0.5) is 10.1 Å². The molecule has 2 aromatic carbocycles. The highest BCUT2D eigenvalue weighted by Gasteiger charge is 2.10. The Hall–Kier alpha value is -2.56. The number of hydrogen-bond donors (Lipinski definition) is 2. The molecule has 23 heavy (non-hydrogen) atoms. The van der Waals surface area contributed by atoms with Crippen LogP contribution in [0.2, 0.25) is 0 Å². The molecule has 0 saturated heterocycles. The summed E-state index contributed by atoms with van der Waals surface area (Å²) in [6, 6.07) is 14.2. The molecular formula is C18H22FN3O. The van der Waals surface area contributed by atoms with Gasteiger partial charge in [0.05, 0.1) is 6.54 Å². The van der Waals surface area contributed by atoms with E-state index in [0.29, 0.717) is 18.9 Å². The second-order valence-corrected chi connectivity index (χ2v) is 5.30. The van der Waals surface area contributed by atoms with Crippen LogP contribution in [-0.2, 0) is 0 Å². The van der Waals surface area contributed by atoms with Gasteiger partial charge in [-0.3, -0.25) is 0 Å². The quantitative estimate of drug-likeness (QED) is 0.631. The summed E-state index contributed by atoms with van der Waals surface area (Å²) >= 11 is 0. The zero-order valence-corrected chi connectivity index (χ0v) is 13.4. The van der Waals surface area contributed by atoms with Crippen molar-refractivity contribution in [1.29, 1.82) is 0 Å². The zero-order chi connectivity index (χ0) is 16.7. The van der Waals surface area contributed by atoms with Gasteiger partial charge < -0.3 is 15.8 Å². The van der Waals surface area contributed by atoms with E-state index >= 15 is 0 Å². The Bertz CT molecular complexity index is 673. The van der Waals surface area contributed by atoms with Crippen LogP contribution in [0.25, 0.3) is 0 Å². The Balaban J connectivity index is 1.94. The Morgan fingerprint density at radius 1 is 1.26 bits per heavy atom. The summed E-state index contributed by atoms with van der Waals surface area (Å²) in [6.07, 6.45) is 0.472. The molecule has 0 bridgehead atoms. The van der Waals surface area contributed by atoms with Crippen LogP contribution in [0.15, 0.2) is 53.5 Å². The molecule has 5 heteroatoms. The Labute approximate surface area is 136 Å². The van der Waals surface area contributed by atoms with Gasteiger partial charge in [-0.2, -0.15) is 0 Å². The number of nitrogens with one attached hydrogen (secondary N) is 1. The summed E-state index contributed by atoms with van der Waals surface area (Å²) in [6.45, 7) is 4.33. The molecule has 0 saturated carbocycles. The van der Waals surface area contributed by atoms with Crippen molar-refractivity contribution < 1.29 is 9.13 Å². The highest BCUT2D eigenvalue weighted by Crippen LogP contribution is 2.18. The van der Waals surface area contributed by atoms with Crippen LogP contribution < -0.4 is 15.8 Å². The van der Waals surface area contributed by atoms with Crippen molar-refractivity contribution in [3.8, 4) is 5.75 Å². The molecule has 0 radical (unpaired) electrons. The summed E-state index contributed by atoms with van der Waals surface area (Å²) < 4.78 is 19.3. The van der Waals surface area contributed by atoms with Crippen molar-refractivity contribution >= 4 is 11.6 Å². The number of rotatable bonds is 6. The van der Waals surface area contributed by atoms with Crippen LogP contribution in [0.5, 0.6) is 5.75 Å². The third kappa shape index (κ3) is 5.29. The number of hydrogen-bond acceptors (Lipinski definition) is 2. The monoisotopic (exact) mass is 315 g/mol. The lowest BCUT2D eigenvalue weighted by Crippen LogP contribution is -2.26. The number of halogens is 1. The fraction of sp³-hybridized carbons (Fsp3) is 0.278. The van der Waals surface area contributed by atoms with Crippen LogP contribution in [-0.4, -0.2) is 18.6 Å². The fourth-order valence-electron chi connectivity index (χ4n) is 2.08. The van der Waals surface area contributed by atoms with Crippen molar-refractivity contribution in [2.75, 3.05) is 11.9 Å². The van der Waals surface area contributed by atoms with Crippen LogP contribution in [0.1, 0.15) is 18.9 Å². The Kier molecular flexibility index (Phi) is 5.97. The molecule has 0 fully saturated rings. The molecule has 4 nitrogen and oxygen atoms in total. The van der Waals surface area contributed by atoms with Crippen LogP contribution >= 0.6 is 0 Å². The van der Waals surface area contributed by atoms with E-state index in [0.717, 1.165) is 11.3 Å². The van der Waals surface area contributed by atoms with Crippen molar-refractivity contribution in [3.05, 3.63) is 59.9 Å². The summed E-state index contributed by atoms with van der Waals surface area (Å²) in [4.78, 5) is 4.28. The molecule has 2 rings (SSSR count). The number of aliphatic imine (C=N–C) groups is 1. The predicted octanol–water partition coefficient (Wildman–Crippen LogP) is 3.72. The number of nitrogens with zero attached hydrogens (tertiary/aromatic N) is 1. The molecule has 3 N–H and O–H groups in total. The average Bonchev–Trinajstić information content (AvgIpc) is 2.53. The molecule has 2 aromatic rings. The first kappa shape index (κ1) is 16.8. The number of nitrogens with two attached hydrogens (primary N) is 1. The van der Waals surface area contributed by atoms with Gasteiger partial charge in [0.25, 0.3) is 0 Å². The Morgan fingerprint density at radius 2 is 2.04 bits per heavy atom. The molecule has 0 spiro atoms. The second-order valence-electron chi connectivity index (χ2n) is 5.30. The Morgan fingerprint density at radius 3 is 2.74 bits per heavy atom. The largest absolute Gasteiger partial charge is 0.485 e. The highest BCUT2D eigenvalue weighted by molar-refractivity contribution is 5.92. The maximum Gasteiger partial charge on any atom is 0.193 e. The number of ether oxygens (including phenoxy) is 1. The van der Waals surface area contributed by atoms with Gasteiger partial charge in [0, 0.05) is 5.69 Å². The molecule has 0 heterocycles. The normalized spacial score (nSPS) is 12.7. The number of benzene rings is 2. The number of para-hydroxylation sites is 1. The van der Waals surface area contributed by atoms with Gasteiger partial charge in [0.15, 0.2) is 17.5 Å². The lowest BCUT2D eigenvalue weighted by molar-refractivity contribution is 0.197. The van der Waals surface area contributed by atoms with Crippen molar-refractivity contribution in [2.24, 2.45) is 10.7 Å². The van der Waals surface area contributed by atoms with E-state index in [-0.39, 0.29) is 17.7 Å². The molecule has 0 aromatic heterocycles. The first-order chi connectivity index (χ1) is 11.1. The third-order valence-corrected chi connectivity index (χ3v) is 3.34. The van der Waals surface area contributed by atoms with Crippen molar-refractivity contribution in [1.82, 2.24) is 0 Å². The molecular weight excluding hydrogens is 293 g/mol. The van der Waals surface area contributed by atoms with Gasteiger partial charge in [0.2, 0.25) is 0 Å². The maximum absolute atomic E-state index is 13.6. The van der Waals surface area contributed by atoms with Gasteiger partial charge in [-0.05, 0) is 43.2 Å². The minimum atomic E-state index is -0.374. The lowest BCUT2D eigenvalue weighted by atomic mass is 10.2. The molecule has 122 valence electrons. The van der Waals surface area contributed by atoms with Crippen molar-refractivity contribution in [2.45, 2.75) is 26.4 Å². The van der Waals surface area contributed by atoms with Gasteiger partial charge in [-0.1, -0.05) is 31.2 Å². The van der Waals surface area contributed by atoms with Crippen LogP contribution in [0, 0.1) is 12.7 Å². The number of aryl methyl sites for hydroxylation is 1. The smallest absolute Gasteiger partial charge is 0.193 e. The van der Waals surface area contributed by atoms with Crippen molar-refractivity contribution in [3.63, 3.8) is 0 Å². The first-order valence-corrected chi connectivity index (χ1v) is 7.63. The first-order valence-electron chi connectivity index (χ1n) is 7.63. The van der Waals surface area contributed by atoms with Gasteiger partial charge >= 0.3 is 0 Å². The lowest BCUT2D eigenvalue weighted by Gasteiger charge is -2.16. The summed E-state index contributed by atoms with van der Waals surface area (Å²) in [5.41, 5.74) is 7.91. The predicted molar refractivity (Wildman–Crippen MR) is 92.4 cm³/mol. The van der Waals surface area contributed by atoms with E-state index in [1.54, 1.807) is 18.2 Å². The number of guanidine groups is 1. The molecule has 0 amide bonds. The molecule has 1 atom stereocenters. The highest BCUT2D eigenvalue weighted by atomic mass is 19.1. The minimum absolute atomic E-state index is 0.232. The summed E-state index contributed by atoms with van der Waals surface area (Å²) in [7, 11) is 0. The minimum Gasteiger partial charge on any atom is -0.485 e. The molecule has 0 aliphatic heterocycles. The SMILES string of the molecule is CCC(CN=C(N)Nc1cccc(C)c1)Oc1ccccc1F.